The van der Waals surface area contributed by atoms with Gasteiger partial charge in [-0.3, -0.25) is 9.52 Å². The first-order chi connectivity index (χ1) is 14.7. The van der Waals surface area contributed by atoms with Gasteiger partial charge in [0.1, 0.15) is 0 Å². The van der Waals surface area contributed by atoms with Crippen molar-refractivity contribution in [1.82, 2.24) is 15.1 Å². The molecule has 0 atom stereocenters. The van der Waals surface area contributed by atoms with Crippen LogP contribution >= 0.6 is 11.6 Å². The van der Waals surface area contributed by atoms with Crippen LogP contribution in [-0.2, 0) is 10.0 Å². The molecule has 2 N–H and O–H groups in total. The molecular formula is C22H29ClN4O3S. The average Bonchev–Trinajstić information content (AvgIpc) is 2.72. The largest absolute Gasteiger partial charge is 0.352 e. The number of hydrogen-bond donors (Lipinski definition) is 2. The van der Waals surface area contributed by atoms with Crippen LogP contribution in [-0.4, -0.2) is 70.4 Å². The maximum Gasteiger partial charge on any atom is 0.261 e. The van der Waals surface area contributed by atoms with Crippen LogP contribution in [0.1, 0.15) is 22.3 Å². The monoisotopic (exact) mass is 464 g/mol. The number of benzene rings is 2. The number of carbonyl (C=O) groups excluding carboxylic acids is 1. The lowest BCUT2D eigenvalue weighted by molar-refractivity contribution is 0.0949. The van der Waals surface area contributed by atoms with E-state index >= 15 is 0 Å². The Kier molecular flexibility index (Phi) is 7.94. The molecule has 0 radical (unpaired) electrons. The van der Waals surface area contributed by atoms with Crippen molar-refractivity contribution in [2.45, 2.75) is 18.2 Å². The number of nitrogens with one attached hydrogen (secondary N) is 2. The van der Waals surface area contributed by atoms with Gasteiger partial charge in [0.25, 0.3) is 15.9 Å². The highest BCUT2D eigenvalue weighted by Gasteiger charge is 2.19. The summed E-state index contributed by atoms with van der Waals surface area (Å²) < 4.78 is 28.1. The molecular weight excluding hydrogens is 436 g/mol. The number of nitrogens with zero attached hydrogens (tertiary/aromatic N) is 2. The van der Waals surface area contributed by atoms with E-state index in [0.717, 1.165) is 44.7 Å². The number of piperazine rings is 1. The summed E-state index contributed by atoms with van der Waals surface area (Å²) in [6.07, 6.45) is 0.819. The maximum atomic E-state index is 12.8. The summed E-state index contributed by atoms with van der Waals surface area (Å²) in [6.45, 7) is 7.47. The van der Waals surface area contributed by atoms with Gasteiger partial charge in [0.05, 0.1) is 15.5 Å². The van der Waals surface area contributed by atoms with Crippen molar-refractivity contribution < 1.29 is 13.2 Å². The standard InChI is InChI=1S/C22H29ClN4O3S/c1-17-5-3-6-18(15-17)25-31(29,30)19-7-8-21(23)20(16-19)22(28)24-9-4-10-27-13-11-26(2)12-14-27/h3,5-8,15-16,25H,4,9-14H2,1-2H3,(H,24,28). The first-order valence-electron chi connectivity index (χ1n) is 10.3. The average molecular weight is 465 g/mol. The third-order valence-corrected chi connectivity index (χ3v) is 7.00. The topological polar surface area (TPSA) is 81.7 Å². The number of hydrogen-bond acceptors (Lipinski definition) is 5. The molecule has 1 aliphatic heterocycles. The Morgan fingerprint density at radius 3 is 2.55 bits per heavy atom. The second kappa shape index (κ2) is 10.5. The summed E-state index contributed by atoms with van der Waals surface area (Å²) >= 11 is 6.18. The van der Waals surface area contributed by atoms with E-state index < -0.39 is 10.0 Å². The fourth-order valence-corrected chi connectivity index (χ4v) is 4.72. The molecule has 9 heteroatoms. The van der Waals surface area contributed by atoms with E-state index in [-0.39, 0.29) is 21.4 Å². The van der Waals surface area contributed by atoms with Crippen LogP contribution in [0.2, 0.25) is 5.02 Å². The van der Waals surface area contributed by atoms with Gasteiger partial charge in [-0.25, -0.2) is 8.42 Å². The summed E-state index contributed by atoms with van der Waals surface area (Å²) in [5.41, 5.74) is 1.55. The van der Waals surface area contributed by atoms with E-state index in [4.69, 9.17) is 11.6 Å². The van der Waals surface area contributed by atoms with Crippen molar-refractivity contribution >= 4 is 33.2 Å². The van der Waals surface area contributed by atoms with Crippen LogP contribution in [0.3, 0.4) is 0 Å². The molecule has 2 aromatic carbocycles. The van der Waals surface area contributed by atoms with E-state index in [1.807, 2.05) is 13.0 Å². The lowest BCUT2D eigenvalue weighted by Crippen LogP contribution is -2.45. The molecule has 1 fully saturated rings. The molecule has 1 aliphatic rings. The number of sulfonamides is 1. The second-order valence-electron chi connectivity index (χ2n) is 7.87. The van der Waals surface area contributed by atoms with Gasteiger partial charge in [0.2, 0.25) is 0 Å². The predicted molar refractivity (Wildman–Crippen MR) is 124 cm³/mol. The van der Waals surface area contributed by atoms with Gasteiger partial charge in [0, 0.05) is 38.4 Å². The molecule has 2 aromatic rings. The fourth-order valence-electron chi connectivity index (χ4n) is 3.44. The van der Waals surface area contributed by atoms with Crippen molar-refractivity contribution in [1.29, 1.82) is 0 Å². The smallest absolute Gasteiger partial charge is 0.261 e. The van der Waals surface area contributed by atoms with Crippen molar-refractivity contribution in [2.75, 3.05) is 51.0 Å². The summed E-state index contributed by atoms with van der Waals surface area (Å²) in [6, 6.07) is 11.2. The van der Waals surface area contributed by atoms with Crippen LogP contribution in [0.25, 0.3) is 0 Å². The lowest BCUT2D eigenvalue weighted by atomic mass is 10.2. The Hall–Kier alpha value is -2.13. The van der Waals surface area contributed by atoms with E-state index in [0.29, 0.717) is 12.2 Å². The molecule has 0 bridgehead atoms. The third-order valence-electron chi connectivity index (χ3n) is 5.30. The number of aryl methyl sites for hydroxylation is 1. The second-order valence-corrected chi connectivity index (χ2v) is 9.96. The number of amides is 1. The molecule has 0 aliphatic carbocycles. The quantitative estimate of drug-likeness (QED) is 0.587. The van der Waals surface area contributed by atoms with Gasteiger partial charge in [-0.1, -0.05) is 23.7 Å². The van der Waals surface area contributed by atoms with Crippen molar-refractivity contribution in [3.8, 4) is 0 Å². The highest BCUT2D eigenvalue weighted by Crippen LogP contribution is 2.23. The summed E-state index contributed by atoms with van der Waals surface area (Å²) in [7, 11) is -1.73. The summed E-state index contributed by atoms with van der Waals surface area (Å²) in [5, 5.41) is 3.06. The number of halogens is 1. The number of rotatable bonds is 8. The summed E-state index contributed by atoms with van der Waals surface area (Å²) in [4.78, 5) is 17.3. The highest BCUT2D eigenvalue weighted by molar-refractivity contribution is 7.92. The number of likely N-dealkylation sites (N-methyl/N-ethyl adjacent to an activating group) is 1. The predicted octanol–water partition coefficient (Wildman–Crippen LogP) is 2.82. The molecule has 3 rings (SSSR count). The van der Waals surface area contributed by atoms with E-state index in [1.165, 1.54) is 18.2 Å². The third kappa shape index (κ3) is 6.67. The zero-order valence-corrected chi connectivity index (χ0v) is 19.5. The number of carbonyl (C=O) groups is 1. The van der Waals surface area contributed by atoms with Crippen LogP contribution in [0.15, 0.2) is 47.4 Å². The van der Waals surface area contributed by atoms with Crippen molar-refractivity contribution in [3.05, 3.63) is 58.6 Å². The highest BCUT2D eigenvalue weighted by atomic mass is 35.5. The SMILES string of the molecule is Cc1cccc(NS(=O)(=O)c2ccc(Cl)c(C(=O)NCCCN3CCN(C)CC3)c2)c1. The zero-order chi connectivity index (χ0) is 22.4. The molecule has 1 heterocycles. The molecule has 0 unspecified atom stereocenters. The van der Waals surface area contributed by atoms with Gasteiger partial charge in [0.15, 0.2) is 0 Å². The first kappa shape index (κ1) is 23.5. The van der Waals surface area contributed by atoms with Gasteiger partial charge in [-0.15, -0.1) is 0 Å². The first-order valence-corrected chi connectivity index (χ1v) is 12.2. The van der Waals surface area contributed by atoms with Crippen LogP contribution in [0.4, 0.5) is 5.69 Å². The molecule has 168 valence electrons. The maximum absolute atomic E-state index is 12.8. The minimum Gasteiger partial charge on any atom is -0.352 e. The molecule has 7 nitrogen and oxygen atoms in total. The Bertz CT molecular complexity index is 1020. The molecule has 0 spiro atoms. The number of anilines is 1. The van der Waals surface area contributed by atoms with Gasteiger partial charge in [-0.05, 0) is 62.8 Å². The zero-order valence-electron chi connectivity index (χ0n) is 17.9. The Morgan fingerprint density at radius 2 is 1.84 bits per heavy atom. The van der Waals surface area contributed by atoms with E-state index in [9.17, 15) is 13.2 Å². The molecule has 1 amide bonds. The van der Waals surface area contributed by atoms with Crippen molar-refractivity contribution in [3.63, 3.8) is 0 Å². The normalized spacial score (nSPS) is 15.6. The van der Waals surface area contributed by atoms with Crippen LogP contribution < -0.4 is 10.0 Å². The van der Waals surface area contributed by atoms with Gasteiger partial charge < -0.3 is 15.1 Å². The molecule has 1 saturated heterocycles. The Labute approximate surface area is 189 Å². The van der Waals surface area contributed by atoms with Gasteiger partial charge in [-0.2, -0.15) is 0 Å². The Balaban J connectivity index is 1.60. The molecule has 31 heavy (non-hydrogen) atoms. The fraction of sp³-hybridized carbons (Fsp3) is 0.409. The minimum absolute atomic E-state index is 0.0130. The van der Waals surface area contributed by atoms with E-state index in [1.54, 1.807) is 18.2 Å². The molecule has 0 aromatic heterocycles. The van der Waals surface area contributed by atoms with Crippen LogP contribution in [0.5, 0.6) is 0 Å². The minimum atomic E-state index is -3.85. The van der Waals surface area contributed by atoms with E-state index in [2.05, 4.69) is 26.9 Å². The van der Waals surface area contributed by atoms with Crippen LogP contribution in [0, 0.1) is 6.92 Å². The van der Waals surface area contributed by atoms with Crippen molar-refractivity contribution in [2.24, 2.45) is 0 Å². The summed E-state index contributed by atoms with van der Waals surface area (Å²) in [5.74, 6) is -0.379. The van der Waals surface area contributed by atoms with Gasteiger partial charge >= 0.3 is 0 Å². The lowest BCUT2D eigenvalue weighted by Gasteiger charge is -2.32. The molecule has 0 saturated carbocycles. The Morgan fingerprint density at radius 1 is 1.10 bits per heavy atom.